The van der Waals surface area contributed by atoms with Crippen molar-refractivity contribution in [3.63, 3.8) is 0 Å². The Kier molecular flexibility index (Phi) is 11.5. The number of carbonyl (C=O) groups excluding carboxylic acids is 2. The predicted octanol–water partition coefficient (Wildman–Crippen LogP) is 6.75. The number of hydrogen-bond donors (Lipinski definition) is 2. The van der Waals surface area contributed by atoms with Gasteiger partial charge in [-0.05, 0) is 77.9 Å². The van der Waals surface area contributed by atoms with E-state index in [2.05, 4.69) is 10.0 Å². The molecule has 0 unspecified atom stereocenters. The third-order valence-electron chi connectivity index (χ3n) is 7.50. The normalized spacial score (nSPS) is 11.7. The number of amides is 2. The Morgan fingerprint density at radius 3 is 2.16 bits per heavy atom. The monoisotopic (exact) mass is 701 g/mol. The summed E-state index contributed by atoms with van der Waals surface area (Å²) in [6, 6.07) is 32.6. The van der Waals surface area contributed by atoms with Crippen LogP contribution in [-0.4, -0.2) is 38.8 Å². The molecule has 5 rings (SSSR count). The van der Waals surface area contributed by atoms with Crippen LogP contribution in [0.15, 0.2) is 132 Å². The smallest absolute Gasteiger partial charge is 0.261 e. The number of methoxy groups -OCH3 is 1. The third-order valence-corrected chi connectivity index (χ3v) is 9.15. The highest BCUT2D eigenvalue weighted by molar-refractivity contribution is 7.92. The second kappa shape index (κ2) is 16.1. The quantitative estimate of drug-likeness (QED) is 0.132. The van der Waals surface area contributed by atoms with Gasteiger partial charge in [0.15, 0.2) is 6.61 Å². The van der Waals surface area contributed by atoms with Gasteiger partial charge in [-0.1, -0.05) is 72.3 Å². The van der Waals surface area contributed by atoms with Crippen molar-refractivity contribution in [1.29, 1.82) is 0 Å². The average Bonchev–Trinajstić information content (AvgIpc) is 3.12. The van der Waals surface area contributed by atoms with Crippen LogP contribution in [0, 0.1) is 5.82 Å². The van der Waals surface area contributed by atoms with Crippen LogP contribution in [0.5, 0.6) is 11.5 Å². The fraction of sp³-hybridized carbons (Fsp3) is 0.135. The van der Waals surface area contributed by atoms with Gasteiger partial charge in [0.1, 0.15) is 23.4 Å². The maximum atomic E-state index is 14.0. The molecule has 5 aromatic carbocycles. The van der Waals surface area contributed by atoms with Crippen molar-refractivity contribution in [2.75, 3.05) is 18.4 Å². The summed E-state index contributed by atoms with van der Waals surface area (Å²) in [5.41, 5.74) is 2.29. The summed E-state index contributed by atoms with van der Waals surface area (Å²) < 4.78 is 52.6. The molecule has 0 fully saturated rings. The predicted molar refractivity (Wildman–Crippen MR) is 185 cm³/mol. The molecule has 2 amide bonds. The Hall–Kier alpha value is -5.39. The largest absolute Gasteiger partial charge is 0.496 e. The number of carbonyl (C=O) groups is 2. The first-order chi connectivity index (χ1) is 23.6. The lowest BCUT2D eigenvalue weighted by atomic mass is 10.0. The Bertz CT molecular complexity index is 1980. The molecule has 0 aliphatic carbocycles. The molecular formula is C37H33ClFN3O6S. The molecule has 0 saturated heterocycles. The Morgan fingerprint density at radius 2 is 1.49 bits per heavy atom. The van der Waals surface area contributed by atoms with E-state index >= 15 is 0 Å². The molecule has 12 heteroatoms. The standard InChI is InChI=1S/C37H33ClFN3O6S/c1-47-34-10-6-5-9-28(34)23-40-37(44)36(27-7-3-2-4-8-27)42(24-26-11-13-29(38)14-12-26)35(43)25-48-32-19-21-33(22-20-32)49(45,46)41-31-17-15-30(39)16-18-31/h2-22,36,41H,23-25H2,1H3,(H,40,44)/t36-/m1/s1. The molecule has 1 atom stereocenters. The van der Waals surface area contributed by atoms with Crippen molar-refractivity contribution in [1.82, 2.24) is 10.2 Å². The van der Waals surface area contributed by atoms with Crippen LogP contribution < -0.4 is 19.5 Å². The summed E-state index contributed by atoms with van der Waals surface area (Å²) in [6.45, 7) is -0.221. The number of nitrogens with one attached hydrogen (secondary N) is 2. The highest BCUT2D eigenvalue weighted by Crippen LogP contribution is 2.26. The molecule has 0 radical (unpaired) electrons. The van der Waals surface area contributed by atoms with Gasteiger partial charge in [0.05, 0.1) is 12.0 Å². The zero-order valence-corrected chi connectivity index (χ0v) is 28.0. The summed E-state index contributed by atoms with van der Waals surface area (Å²) in [7, 11) is -2.42. The Labute approximate surface area is 289 Å². The number of nitrogens with zero attached hydrogens (tertiary/aromatic N) is 1. The number of halogens is 2. The van der Waals surface area contributed by atoms with E-state index in [-0.39, 0.29) is 29.4 Å². The van der Waals surface area contributed by atoms with Crippen molar-refractivity contribution < 1.29 is 31.9 Å². The van der Waals surface area contributed by atoms with Gasteiger partial charge >= 0.3 is 0 Å². The molecule has 0 spiro atoms. The van der Waals surface area contributed by atoms with Crippen molar-refractivity contribution in [3.8, 4) is 11.5 Å². The van der Waals surface area contributed by atoms with Gasteiger partial charge in [0.25, 0.3) is 15.9 Å². The highest BCUT2D eigenvalue weighted by Gasteiger charge is 2.32. The molecule has 5 aromatic rings. The minimum atomic E-state index is -3.97. The van der Waals surface area contributed by atoms with E-state index in [1.54, 1.807) is 61.7 Å². The summed E-state index contributed by atoms with van der Waals surface area (Å²) in [6.07, 6.45) is 0. The maximum absolute atomic E-state index is 14.0. The van der Waals surface area contributed by atoms with Crippen LogP contribution in [-0.2, 0) is 32.7 Å². The van der Waals surface area contributed by atoms with Gasteiger partial charge in [-0.25, -0.2) is 12.8 Å². The fourth-order valence-electron chi connectivity index (χ4n) is 5.02. The maximum Gasteiger partial charge on any atom is 0.261 e. The average molecular weight is 702 g/mol. The van der Waals surface area contributed by atoms with Crippen molar-refractivity contribution in [2.24, 2.45) is 0 Å². The number of benzene rings is 5. The number of ether oxygens (including phenoxy) is 2. The van der Waals surface area contributed by atoms with E-state index in [0.717, 1.165) is 23.3 Å². The molecule has 49 heavy (non-hydrogen) atoms. The molecule has 2 N–H and O–H groups in total. The minimum Gasteiger partial charge on any atom is -0.496 e. The summed E-state index contributed by atoms with van der Waals surface area (Å²) >= 11 is 6.12. The third kappa shape index (κ3) is 9.37. The van der Waals surface area contributed by atoms with E-state index in [4.69, 9.17) is 21.1 Å². The van der Waals surface area contributed by atoms with Gasteiger partial charge in [0.2, 0.25) is 5.91 Å². The SMILES string of the molecule is COc1ccccc1CNC(=O)[C@@H](c1ccccc1)N(Cc1ccc(Cl)cc1)C(=O)COc1ccc(S(=O)(=O)Nc2ccc(F)cc2)cc1. The first-order valence-electron chi connectivity index (χ1n) is 15.1. The molecule has 0 aliphatic heterocycles. The van der Waals surface area contributed by atoms with E-state index < -0.39 is 40.3 Å². The van der Waals surface area contributed by atoms with Crippen molar-refractivity contribution in [2.45, 2.75) is 24.0 Å². The van der Waals surface area contributed by atoms with Crippen LogP contribution >= 0.6 is 11.6 Å². The molecule has 0 aromatic heterocycles. The molecule has 9 nitrogen and oxygen atoms in total. The van der Waals surface area contributed by atoms with E-state index in [0.29, 0.717) is 16.3 Å². The molecule has 0 aliphatic rings. The Balaban J connectivity index is 1.36. The Morgan fingerprint density at radius 1 is 0.837 bits per heavy atom. The van der Waals surface area contributed by atoms with Gasteiger partial charge in [0, 0.05) is 29.4 Å². The molecule has 252 valence electrons. The first kappa shape index (κ1) is 34.9. The zero-order valence-electron chi connectivity index (χ0n) is 26.4. The topological polar surface area (TPSA) is 114 Å². The molecule has 0 bridgehead atoms. The van der Waals surface area contributed by atoms with Crippen molar-refractivity contribution in [3.05, 3.63) is 155 Å². The minimum absolute atomic E-state index is 0.0595. The van der Waals surface area contributed by atoms with Crippen LogP contribution in [0.2, 0.25) is 5.02 Å². The first-order valence-corrected chi connectivity index (χ1v) is 17.0. The van der Waals surface area contributed by atoms with E-state index in [1.165, 1.54) is 41.3 Å². The fourth-order valence-corrected chi connectivity index (χ4v) is 6.21. The van der Waals surface area contributed by atoms with Gasteiger partial charge in [-0.15, -0.1) is 0 Å². The van der Waals surface area contributed by atoms with E-state index in [1.807, 2.05) is 24.3 Å². The van der Waals surface area contributed by atoms with Crippen LogP contribution in [0.25, 0.3) is 0 Å². The van der Waals surface area contributed by atoms with Crippen LogP contribution in [0.4, 0.5) is 10.1 Å². The second-order valence-electron chi connectivity index (χ2n) is 10.9. The number of sulfonamides is 1. The number of para-hydroxylation sites is 1. The van der Waals surface area contributed by atoms with Crippen LogP contribution in [0.3, 0.4) is 0 Å². The molecule has 0 saturated carbocycles. The zero-order chi connectivity index (χ0) is 34.8. The lowest BCUT2D eigenvalue weighted by molar-refractivity contribution is -0.143. The number of rotatable bonds is 14. The lowest BCUT2D eigenvalue weighted by Crippen LogP contribution is -2.45. The summed E-state index contributed by atoms with van der Waals surface area (Å²) in [5.74, 6) is -0.549. The molecular weight excluding hydrogens is 669 g/mol. The summed E-state index contributed by atoms with van der Waals surface area (Å²) in [5, 5.41) is 3.49. The van der Waals surface area contributed by atoms with Gasteiger partial charge < -0.3 is 19.7 Å². The van der Waals surface area contributed by atoms with Gasteiger partial charge in [-0.2, -0.15) is 0 Å². The highest BCUT2D eigenvalue weighted by atomic mass is 35.5. The lowest BCUT2D eigenvalue weighted by Gasteiger charge is -2.31. The van der Waals surface area contributed by atoms with Gasteiger partial charge in [-0.3, -0.25) is 14.3 Å². The number of anilines is 1. The summed E-state index contributed by atoms with van der Waals surface area (Å²) in [4.78, 5) is 29.3. The van der Waals surface area contributed by atoms with Crippen molar-refractivity contribution >= 4 is 39.1 Å². The molecule has 0 heterocycles. The van der Waals surface area contributed by atoms with E-state index in [9.17, 15) is 22.4 Å². The number of hydrogen-bond acceptors (Lipinski definition) is 6. The van der Waals surface area contributed by atoms with Crippen LogP contribution in [0.1, 0.15) is 22.7 Å². The second-order valence-corrected chi connectivity index (χ2v) is 13.0.